The summed E-state index contributed by atoms with van der Waals surface area (Å²) in [6.45, 7) is 6.96. The van der Waals surface area contributed by atoms with Crippen molar-refractivity contribution in [2.75, 3.05) is 40.5 Å². The molecule has 2 aromatic rings. The summed E-state index contributed by atoms with van der Waals surface area (Å²) in [7, 11) is 3.35. The Bertz CT molecular complexity index is 1070. The van der Waals surface area contributed by atoms with Gasteiger partial charge in [0.1, 0.15) is 23.9 Å². The number of alkyl halides is 1. The molecule has 0 bridgehead atoms. The Labute approximate surface area is 223 Å². The molecule has 1 aliphatic rings. The number of morpholine rings is 1. The number of nitrogens with one attached hydrogen (secondary N) is 3. The number of hydrogen-bond donors (Lipinski definition) is 4. The van der Waals surface area contributed by atoms with E-state index in [0.29, 0.717) is 31.9 Å². The topological polar surface area (TPSA) is 102 Å². The van der Waals surface area contributed by atoms with Gasteiger partial charge in [0, 0.05) is 32.3 Å². The highest BCUT2D eigenvalue weighted by Gasteiger charge is 2.30. The maximum absolute atomic E-state index is 14.1. The highest BCUT2D eigenvalue weighted by atomic mass is 19.1. The lowest BCUT2D eigenvalue weighted by Gasteiger charge is -2.40. The molecule has 208 valence electrons. The van der Waals surface area contributed by atoms with Gasteiger partial charge in [-0.05, 0) is 62.7 Å². The van der Waals surface area contributed by atoms with Gasteiger partial charge in [0.15, 0.2) is 0 Å². The first kappa shape index (κ1) is 30.1. The van der Waals surface area contributed by atoms with Gasteiger partial charge in [0.05, 0.1) is 31.0 Å². The fourth-order valence-corrected chi connectivity index (χ4v) is 4.61. The average Bonchev–Trinajstić information content (AvgIpc) is 2.91. The fourth-order valence-electron chi connectivity index (χ4n) is 4.61. The highest BCUT2D eigenvalue weighted by molar-refractivity contribution is 5.35. The first-order chi connectivity index (χ1) is 18.1. The number of aliphatic hydroxyl groups is 1. The number of ether oxygens (including phenoxy) is 2. The number of nitriles is 1. The van der Waals surface area contributed by atoms with E-state index in [1.165, 1.54) is 26.0 Å². The second-order valence-corrected chi connectivity index (χ2v) is 10.1. The monoisotopic (exact) mass is 531 g/mol. The zero-order chi connectivity index (χ0) is 27.9. The van der Waals surface area contributed by atoms with Crippen LogP contribution in [0.25, 0.3) is 0 Å². The molecule has 4 N–H and O–H groups in total. The highest BCUT2D eigenvalue weighted by Crippen LogP contribution is 2.27. The van der Waals surface area contributed by atoms with Crippen molar-refractivity contribution in [3.05, 3.63) is 70.5 Å². The van der Waals surface area contributed by atoms with E-state index in [0.717, 1.165) is 16.7 Å². The Balaban J connectivity index is 1.67. The maximum atomic E-state index is 14.1. The van der Waals surface area contributed by atoms with Gasteiger partial charge in [-0.3, -0.25) is 15.5 Å². The zero-order valence-corrected chi connectivity index (χ0v) is 22.7. The standard InChI is InChI=1S/C28H39F2N5O3/c1-18(22-12-19(15-31)13-23(29)14-22)35-10-11-38-17-24(35)16-33-26(37-5)21-8-6-20(7-9-21)25(32-4)34-27(36)28(2,3)30/h6-9,12-14,18,24-27,32-34,36H,10-11,16-17H2,1-5H3/t18?,24-,25?,26?,27?/m0/s1. The van der Waals surface area contributed by atoms with Crippen LogP contribution in [0.15, 0.2) is 42.5 Å². The molecule has 1 aliphatic heterocycles. The quantitative estimate of drug-likeness (QED) is 0.310. The van der Waals surface area contributed by atoms with Crippen molar-refractivity contribution in [3.8, 4) is 6.07 Å². The number of methoxy groups -OCH3 is 1. The van der Waals surface area contributed by atoms with Gasteiger partial charge in [-0.25, -0.2) is 8.78 Å². The van der Waals surface area contributed by atoms with Crippen molar-refractivity contribution < 1.29 is 23.4 Å². The molecule has 2 aromatic carbocycles. The Morgan fingerprint density at radius 2 is 1.89 bits per heavy atom. The number of benzene rings is 2. The molecule has 1 fully saturated rings. The predicted molar refractivity (Wildman–Crippen MR) is 141 cm³/mol. The summed E-state index contributed by atoms with van der Waals surface area (Å²) in [4.78, 5) is 2.25. The van der Waals surface area contributed by atoms with E-state index in [2.05, 4.69) is 20.9 Å². The lowest BCUT2D eigenvalue weighted by molar-refractivity contribution is -0.0329. The first-order valence-electron chi connectivity index (χ1n) is 12.8. The largest absolute Gasteiger partial charge is 0.378 e. The number of halogens is 2. The molecule has 10 heteroatoms. The molecule has 38 heavy (non-hydrogen) atoms. The number of hydrogen-bond acceptors (Lipinski definition) is 8. The molecule has 0 saturated carbocycles. The van der Waals surface area contributed by atoms with Crippen molar-refractivity contribution >= 4 is 0 Å². The zero-order valence-electron chi connectivity index (χ0n) is 22.7. The van der Waals surface area contributed by atoms with Crippen LogP contribution in [0.2, 0.25) is 0 Å². The molecule has 0 aromatic heterocycles. The molecule has 5 atom stereocenters. The predicted octanol–water partition coefficient (Wildman–Crippen LogP) is 3.27. The van der Waals surface area contributed by atoms with Gasteiger partial charge in [-0.15, -0.1) is 0 Å². The summed E-state index contributed by atoms with van der Waals surface area (Å²) in [5.74, 6) is -0.421. The van der Waals surface area contributed by atoms with Crippen molar-refractivity contribution in [1.82, 2.24) is 20.9 Å². The molecule has 8 nitrogen and oxygen atoms in total. The van der Waals surface area contributed by atoms with Gasteiger partial charge in [-0.1, -0.05) is 24.3 Å². The normalized spacial score (nSPS) is 19.9. The third-order valence-electron chi connectivity index (χ3n) is 6.91. The van der Waals surface area contributed by atoms with Crippen molar-refractivity contribution in [3.63, 3.8) is 0 Å². The lowest BCUT2D eigenvalue weighted by Crippen LogP contribution is -2.51. The average molecular weight is 532 g/mol. The van der Waals surface area contributed by atoms with E-state index in [-0.39, 0.29) is 18.3 Å². The van der Waals surface area contributed by atoms with E-state index < -0.39 is 23.9 Å². The first-order valence-corrected chi connectivity index (χ1v) is 12.8. The van der Waals surface area contributed by atoms with E-state index >= 15 is 0 Å². The van der Waals surface area contributed by atoms with Crippen LogP contribution in [-0.4, -0.2) is 68.4 Å². The van der Waals surface area contributed by atoms with Crippen LogP contribution in [0.5, 0.6) is 0 Å². The minimum atomic E-state index is -1.79. The SMILES string of the molecule is CNC(NC(O)C(C)(C)F)c1ccc(C(NC[C@H]2COCCN2C(C)c2cc(F)cc(C#N)c2)OC)cc1. The molecular weight excluding hydrogens is 492 g/mol. The third-order valence-corrected chi connectivity index (χ3v) is 6.91. The van der Waals surface area contributed by atoms with E-state index in [1.54, 1.807) is 20.2 Å². The second kappa shape index (κ2) is 13.5. The minimum Gasteiger partial charge on any atom is -0.378 e. The molecule has 4 unspecified atom stereocenters. The number of nitrogens with zero attached hydrogens (tertiary/aromatic N) is 2. The fraction of sp³-hybridized carbons (Fsp3) is 0.536. The van der Waals surface area contributed by atoms with E-state index in [4.69, 9.17) is 9.47 Å². The molecule has 0 aliphatic carbocycles. The summed E-state index contributed by atoms with van der Waals surface area (Å²) in [6, 6.07) is 14.0. The molecule has 0 spiro atoms. The minimum absolute atomic E-state index is 0.00731. The summed E-state index contributed by atoms with van der Waals surface area (Å²) in [5.41, 5.74) is 0.998. The van der Waals surface area contributed by atoms with Crippen LogP contribution in [0.4, 0.5) is 8.78 Å². The van der Waals surface area contributed by atoms with E-state index in [9.17, 15) is 19.1 Å². The summed E-state index contributed by atoms with van der Waals surface area (Å²) in [5, 5.41) is 28.7. The molecule has 1 saturated heterocycles. The third kappa shape index (κ3) is 7.77. The Morgan fingerprint density at radius 1 is 1.21 bits per heavy atom. The number of aliphatic hydroxyl groups excluding tert-OH is 1. The molecule has 0 amide bonds. The van der Waals surface area contributed by atoms with Crippen LogP contribution >= 0.6 is 0 Å². The molecule has 1 heterocycles. The summed E-state index contributed by atoms with van der Waals surface area (Å²) in [6.07, 6.45) is -2.17. The van der Waals surface area contributed by atoms with Gasteiger partial charge in [0.2, 0.25) is 0 Å². The molecule has 0 radical (unpaired) electrons. The summed E-state index contributed by atoms with van der Waals surface area (Å²) >= 11 is 0. The van der Waals surface area contributed by atoms with Crippen LogP contribution in [0.1, 0.15) is 61.5 Å². The Kier molecular flexibility index (Phi) is 10.7. The van der Waals surface area contributed by atoms with Crippen LogP contribution in [-0.2, 0) is 9.47 Å². The van der Waals surface area contributed by atoms with Gasteiger partial charge in [0.25, 0.3) is 0 Å². The number of rotatable bonds is 12. The van der Waals surface area contributed by atoms with Gasteiger partial charge >= 0.3 is 0 Å². The Morgan fingerprint density at radius 3 is 2.50 bits per heavy atom. The van der Waals surface area contributed by atoms with Gasteiger partial charge in [-0.2, -0.15) is 5.26 Å². The second-order valence-electron chi connectivity index (χ2n) is 10.1. The van der Waals surface area contributed by atoms with Crippen LogP contribution in [0.3, 0.4) is 0 Å². The van der Waals surface area contributed by atoms with Crippen molar-refractivity contribution in [2.45, 2.75) is 57.1 Å². The van der Waals surface area contributed by atoms with Crippen molar-refractivity contribution in [1.29, 1.82) is 5.26 Å². The van der Waals surface area contributed by atoms with E-state index in [1.807, 2.05) is 37.3 Å². The van der Waals surface area contributed by atoms with Crippen LogP contribution < -0.4 is 16.0 Å². The van der Waals surface area contributed by atoms with Crippen molar-refractivity contribution in [2.24, 2.45) is 0 Å². The molecular formula is C28H39F2N5O3. The molecule has 3 rings (SSSR count). The summed E-state index contributed by atoms with van der Waals surface area (Å²) < 4.78 is 39.6. The van der Waals surface area contributed by atoms with Crippen LogP contribution in [0, 0.1) is 17.1 Å². The maximum Gasteiger partial charge on any atom is 0.144 e. The van der Waals surface area contributed by atoms with Gasteiger partial charge < -0.3 is 19.9 Å². The lowest BCUT2D eigenvalue weighted by atomic mass is 10.0. The Hall–Kier alpha value is -2.49. The smallest absolute Gasteiger partial charge is 0.144 e.